The lowest BCUT2D eigenvalue weighted by Crippen LogP contribution is -2.26. The van der Waals surface area contributed by atoms with Crippen molar-refractivity contribution in [2.75, 3.05) is 11.9 Å². The molecule has 0 aliphatic carbocycles. The second kappa shape index (κ2) is 4.29. The zero-order valence-electron chi connectivity index (χ0n) is 9.54. The molecule has 1 aromatic carbocycles. The third kappa shape index (κ3) is 2.13. The molecule has 5 nitrogen and oxygen atoms in total. The Morgan fingerprint density at radius 1 is 1.35 bits per heavy atom. The van der Waals surface area contributed by atoms with E-state index in [1.807, 2.05) is 0 Å². The lowest BCUT2D eigenvalue weighted by atomic mass is 10.2. The Balaban J connectivity index is 2.26. The number of hydrogen-bond acceptors (Lipinski definition) is 4. The van der Waals surface area contributed by atoms with Crippen molar-refractivity contribution >= 4 is 11.6 Å². The van der Waals surface area contributed by atoms with Crippen molar-refractivity contribution in [3.63, 3.8) is 0 Å². The zero-order valence-corrected chi connectivity index (χ0v) is 9.54. The lowest BCUT2D eigenvalue weighted by Gasteiger charge is -2.16. The van der Waals surface area contributed by atoms with Gasteiger partial charge in [-0.2, -0.15) is 0 Å². The van der Waals surface area contributed by atoms with Gasteiger partial charge < -0.3 is 14.5 Å². The van der Waals surface area contributed by atoms with Crippen LogP contribution in [-0.4, -0.2) is 23.2 Å². The number of anilines is 1. The van der Waals surface area contributed by atoms with E-state index in [0.29, 0.717) is 17.0 Å². The second-order valence-corrected chi connectivity index (χ2v) is 3.68. The van der Waals surface area contributed by atoms with E-state index in [-0.39, 0.29) is 11.7 Å². The minimum Gasteiger partial charge on any atom is -0.508 e. The number of hydrogen-bond donors (Lipinski definition) is 1. The van der Waals surface area contributed by atoms with Gasteiger partial charge in [0, 0.05) is 12.7 Å². The molecule has 0 atom stereocenters. The minimum absolute atomic E-state index is 0.163. The highest BCUT2D eigenvalue weighted by Crippen LogP contribution is 2.19. The first-order valence-corrected chi connectivity index (χ1v) is 5.08. The van der Waals surface area contributed by atoms with Crippen LogP contribution < -0.4 is 4.90 Å². The van der Waals surface area contributed by atoms with Crippen molar-refractivity contribution in [1.29, 1.82) is 0 Å². The molecule has 5 heteroatoms. The first-order valence-electron chi connectivity index (χ1n) is 5.08. The van der Waals surface area contributed by atoms with Crippen LogP contribution >= 0.6 is 0 Å². The highest BCUT2D eigenvalue weighted by Gasteiger charge is 2.18. The molecule has 0 aliphatic heterocycles. The summed E-state index contributed by atoms with van der Waals surface area (Å²) in [5.74, 6) is 0.450. The molecule has 1 aromatic heterocycles. The van der Waals surface area contributed by atoms with Crippen LogP contribution in [0.15, 0.2) is 35.0 Å². The Labute approximate surface area is 98.3 Å². The van der Waals surface area contributed by atoms with Gasteiger partial charge in [0.05, 0.1) is 6.20 Å². The average molecular weight is 232 g/mol. The van der Waals surface area contributed by atoms with Crippen LogP contribution in [0.2, 0.25) is 0 Å². The van der Waals surface area contributed by atoms with E-state index in [2.05, 4.69) is 5.16 Å². The first-order chi connectivity index (χ1) is 8.09. The number of amides is 1. The molecule has 88 valence electrons. The molecule has 0 radical (unpaired) electrons. The molecule has 2 aromatic rings. The van der Waals surface area contributed by atoms with Gasteiger partial charge in [0.2, 0.25) is 0 Å². The minimum atomic E-state index is -0.200. The second-order valence-electron chi connectivity index (χ2n) is 3.68. The maximum absolute atomic E-state index is 12.1. The van der Waals surface area contributed by atoms with Crippen molar-refractivity contribution in [2.45, 2.75) is 6.92 Å². The van der Waals surface area contributed by atoms with Gasteiger partial charge in [-0.3, -0.25) is 4.79 Å². The quantitative estimate of drug-likeness (QED) is 0.859. The molecule has 1 amide bonds. The summed E-state index contributed by atoms with van der Waals surface area (Å²) in [6, 6.07) is 6.38. The Bertz CT molecular complexity index is 531. The molecular formula is C12H12N2O3. The molecule has 0 fully saturated rings. The lowest BCUT2D eigenvalue weighted by molar-refractivity contribution is 0.0991. The number of benzene rings is 1. The van der Waals surface area contributed by atoms with Crippen molar-refractivity contribution in [3.8, 4) is 5.75 Å². The van der Waals surface area contributed by atoms with E-state index >= 15 is 0 Å². The monoisotopic (exact) mass is 232 g/mol. The predicted octanol–water partition coefficient (Wildman–Crippen LogP) is 1.97. The molecular weight excluding hydrogens is 220 g/mol. The third-order valence-electron chi connectivity index (χ3n) is 2.52. The fourth-order valence-corrected chi connectivity index (χ4v) is 1.48. The number of phenolic OH excluding ortho intramolecular Hbond substituents is 1. The van der Waals surface area contributed by atoms with Gasteiger partial charge in [-0.1, -0.05) is 5.16 Å². The van der Waals surface area contributed by atoms with E-state index in [9.17, 15) is 9.90 Å². The van der Waals surface area contributed by atoms with Crippen LogP contribution in [0, 0.1) is 6.92 Å². The number of aromatic nitrogens is 1. The summed E-state index contributed by atoms with van der Waals surface area (Å²) >= 11 is 0. The molecule has 0 saturated heterocycles. The van der Waals surface area contributed by atoms with Gasteiger partial charge in [0.1, 0.15) is 17.1 Å². The van der Waals surface area contributed by atoms with Crippen LogP contribution in [0.1, 0.15) is 16.1 Å². The van der Waals surface area contributed by atoms with Crippen molar-refractivity contribution < 1.29 is 14.4 Å². The number of aryl methyl sites for hydroxylation is 1. The summed E-state index contributed by atoms with van der Waals surface area (Å²) in [5, 5.41) is 12.7. The van der Waals surface area contributed by atoms with E-state index in [0.717, 1.165) is 0 Å². The number of phenols is 1. The van der Waals surface area contributed by atoms with Crippen LogP contribution in [0.3, 0.4) is 0 Å². The number of carbonyl (C=O) groups is 1. The van der Waals surface area contributed by atoms with Crippen molar-refractivity contribution in [1.82, 2.24) is 5.16 Å². The fourth-order valence-electron chi connectivity index (χ4n) is 1.48. The van der Waals surface area contributed by atoms with Gasteiger partial charge >= 0.3 is 0 Å². The summed E-state index contributed by atoms with van der Waals surface area (Å²) < 4.78 is 4.85. The highest BCUT2D eigenvalue weighted by atomic mass is 16.5. The Morgan fingerprint density at radius 2 is 2.00 bits per heavy atom. The zero-order chi connectivity index (χ0) is 12.4. The maximum Gasteiger partial charge on any atom is 0.263 e. The van der Waals surface area contributed by atoms with Crippen LogP contribution in [0.25, 0.3) is 0 Å². The summed E-state index contributed by atoms with van der Waals surface area (Å²) in [6.07, 6.45) is 1.40. The largest absolute Gasteiger partial charge is 0.508 e. The number of aromatic hydroxyl groups is 1. The van der Waals surface area contributed by atoms with E-state index in [4.69, 9.17) is 4.52 Å². The molecule has 0 saturated carbocycles. The van der Waals surface area contributed by atoms with Crippen molar-refractivity contribution in [2.24, 2.45) is 0 Å². The molecule has 1 N–H and O–H groups in total. The normalized spacial score (nSPS) is 10.2. The summed E-state index contributed by atoms with van der Waals surface area (Å²) in [4.78, 5) is 13.5. The van der Waals surface area contributed by atoms with Crippen molar-refractivity contribution in [3.05, 3.63) is 41.8 Å². The third-order valence-corrected chi connectivity index (χ3v) is 2.52. The highest BCUT2D eigenvalue weighted by molar-refractivity contribution is 6.06. The van der Waals surface area contributed by atoms with Gasteiger partial charge in [0.15, 0.2) is 0 Å². The predicted molar refractivity (Wildman–Crippen MR) is 62.1 cm³/mol. The van der Waals surface area contributed by atoms with Crippen LogP contribution in [0.4, 0.5) is 5.69 Å². The standard InChI is InChI=1S/C12H12N2O3/c1-8-11(7-13-17-8)12(16)14(2)9-3-5-10(15)6-4-9/h3-7,15H,1-2H3. The van der Waals surface area contributed by atoms with Gasteiger partial charge in [-0.05, 0) is 31.2 Å². The molecule has 0 aliphatic rings. The molecule has 1 heterocycles. The van der Waals surface area contributed by atoms with Crippen LogP contribution in [-0.2, 0) is 0 Å². The van der Waals surface area contributed by atoms with Crippen LogP contribution in [0.5, 0.6) is 5.75 Å². The first kappa shape index (κ1) is 11.2. The summed E-state index contributed by atoms with van der Waals surface area (Å²) in [5.41, 5.74) is 1.12. The molecule has 2 rings (SSSR count). The SMILES string of the molecule is Cc1oncc1C(=O)N(C)c1ccc(O)cc1. The summed E-state index contributed by atoms with van der Waals surface area (Å²) in [6.45, 7) is 1.69. The molecule has 17 heavy (non-hydrogen) atoms. The van der Waals surface area contributed by atoms with Gasteiger partial charge in [-0.25, -0.2) is 0 Å². The Morgan fingerprint density at radius 3 is 2.53 bits per heavy atom. The Kier molecular flexibility index (Phi) is 2.82. The van der Waals surface area contributed by atoms with Gasteiger partial charge in [0.25, 0.3) is 5.91 Å². The number of carbonyl (C=O) groups excluding carboxylic acids is 1. The molecule has 0 bridgehead atoms. The van der Waals surface area contributed by atoms with E-state index in [1.165, 1.54) is 23.2 Å². The van der Waals surface area contributed by atoms with E-state index < -0.39 is 0 Å². The summed E-state index contributed by atoms with van der Waals surface area (Å²) in [7, 11) is 1.65. The molecule has 0 spiro atoms. The van der Waals surface area contributed by atoms with E-state index in [1.54, 1.807) is 26.1 Å². The van der Waals surface area contributed by atoms with Gasteiger partial charge in [-0.15, -0.1) is 0 Å². The average Bonchev–Trinajstić information content (AvgIpc) is 2.74. The maximum atomic E-state index is 12.1. The Hall–Kier alpha value is -2.30. The number of rotatable bonds is 2. The smallest absolute Gasteiger partial charge is 0.263 e. The topological polar surface area (TPSA) is 66.6 Å². The number of nitrogens with zero attached hydrogens (tertiary/aromatic N) is 2. The fraction of sp³-hybridized carbons (Fsp3) is 0.167. The molecule has 0 unspecified atom stereocenters.